The fourth-order valence-electron chi connectivity index (χ4n) is 2.93. The highest BCUT2D eigenvalue weighted by Crippen LogP contribution is 2.17. The van der Waals surface area contributed by atoms with Gasteiger partial charge < -0.3 is 10.1 Å². The van der Waals surface area contributed by atoms with Gasteiger partial charge in [-0.3, -0.25) is 19.7 Å². The minimum absolute atomic E-state index is 0.129. The summed E-state index contributed by atoms with van der Waals surface area (Å²) < 4.78 is 5.51. The zero-order valence-corrected chi connectivity index (χ0v) is 18.1. The van der Waals surface area contributed by atoms with Crippen molar-refractivity contribution in [1.82, 2.24) is 5.43 Å². The molecular weight excluding hydrogens is 424 g/mol. The lowest BCUT2D eigenvalue weighted by Gasteiger charge is -2.10. The van der Waals surface area contributed by atoms with E-state index in [1.807, 2.05) is 32.0 Å². The van der Waals surface area contributed by atoms with Crippen LogP contribution in [-0.2, 0) is 4.79 Å². The lowest BCUT2D eigenvalue weighted by Crippen LogP contribution is -2.20. The third kappa shape index (κ3) is 6.73. The summed E-state index contributed by atoms with van der Waals surface area (Å²) in [5.74, 6) is -0.329. The van der Waals surface area contributed by atoms with Crippen LogP contribution in [0.1, 0.15) is 27.0 Å². The number of hydrazone groups is 1. The fraction of sp³-hybridized carbons (Fsp3) is 0.125. The second-order valence-electron chi connectivity index (χ2n) is 7.23. The summed E-state index contributed by atoms with van der Waals surface area (Å²) in [6, 6.07) is 17.9. The number of rotatable bonds is 8. The zero-order chi connectivity index (χ0) is 23.8. The first-order valence-electron chi connectivity index (χ1n) is 9.99. The molecule has 3 rings (SSSR count). The Bertz CT molecular complexity index is 1210. The van der Waals surface area contributed by atoms with Crippen molar-refractivity contribution < 1.29 is 19.2 Å². The van der Waals surface area contributed by atoms with Crippen LogP contribution in [0.3, 0.4) is 0 Å². The molecule has 3 aromatic rings. The summed E-state index contributed by atoms with van der Waals surface area (Å²) in [6.45, 7) is 3.77. The molecule has 0 saturated heterocycles. The van der Waals surface area contributed by atoms with Crippen molar-refractivity contribution in [2.75, 3.05) is 11.9 Å². The Morgan fingerprint density at radius 2 is 1.82 bits per heavy atom. The van der Waals surface area contributed by atoms with Crippen molar-refractivity contribution in [2.24, 2.45) is 5.10 Å². The van der Waals surface area contributed by atoms with E-state index in [9.17, 15) is 19.7 Å². The number of aryl methyl sites for hydroxylation is 2. The normalized spacial score (nSPS) is 10.6. The molecule has 0 saturated carbocycles. The number of non-ortho nitro benzene ring substituents is 1. The quantitative estimate of drug-likeness (QED) is 0.308. The van der Waals surface area contributed by atoms with E-state index in [1.54, 1.807) is 24.3 Å². The van der Waals surface area contributed by atoms with Gasteiger partial charge in [-0.1, -0.05) is 23.8 Å². The monoisotopic (exact) mass is 446 g/mol. The van der Waals surface area contributed by atoms with Crippen molar-refractivity contribution in [2.45, 2.75) is 13.8 Å². The van der Waals surface area contributed by atoms with E-state index in [4.69, 9.17) is 4.74 Å². The molecule has 3 aromatic carbocycles. The number of nitro benzene ring substituents is 1. The fourth-order valence-corrected chi connectivity index (χ4v) is 2.93. The average Bonchev–Trinajstić information content (AvgIpc) is 2.80. The summed E-state index contributed by atoms with van der Waals surface area (Å²) in [6.07, 6.45) is 1.42. The summed E-state index contributed by atoms with van der Waals surface area (Å²) >= 11 is 0. The van der Waals surface area contributed by atoms with E-state index in [1.165, 1.54) is 30.5 Å². The van der Waals surface area contributed by atoms with Gasteiger partial charge in [-0.05, 0) is 61.4 Å². The zero-order valence-electron chi connectivity index (χ0n) is 18.1. The molecule has 0 atom stereocenters. The highest BCUT2D eigenvalue weighted by atomic mass is 16.6. The SMILES string of the molecule is Cc1ccc(NC(=O)COc2ccc(/C=N/NC(=O)c3cccc([N+](=O)[O-])c3)cc2)c(C)c1. The van der Waals surface area contributed by atoms with Crippen molar-refractivity contribution in [3.8, 4) is 5.75 Å². The summed E-state index contributed by atoms with van der Waals surface area (Å²) in [5.41, 5.74) is 5.80. The van der Waals surface area contributed by atoms with Crippen LogP contribution in [-0.4, -0.2) is 29.6 Å². The first-order valence-corrected chi connectivity index (χ1v) is 9.99. The van der Waals surface area contributed by atoms with Crippen LogP contribution in [0.2, 0.25) is 0 Å². The number of nitro groups is 1. The molecule has 0 aliphatic heterocycles. The highest BCUT2D eigenvalue weighted by Gasteiger charge is 2.10. The van der Waals surface area contributed by atoms with Gasteiger partial charge in [0, 0.05) is 23.4 Å². The standard InChI is InChI=1S/C24H22N4O5/c1-16-6-11-22(17(2)12-16)26-23(29)15-33-21-9-7-18(8-10-21)14-25-27-24(30)19-4-3-5-20(13-19)28(31)32/h3-14H,15H2,1-2H3,(H,26,29)(H,27,30)/b25-14+. The molecule has 0 spiro atoms. The number of anilines is 1. The molecule has 0 aromatic heterocycles. The van der Waals surface area contributed by atoms with Gasteiger partial charge in [0.1, 0.15) is 5.75 Å². The van der Waals surface area contributed by atoms with Crippen molar-refractivity contribution in [1.29, 1.82) is 0 Å². The molecule has 2 N–H and O–H groups in total. The molecule has 0 heterocycles. The number of ether oxygens (including phenoxy) is 1. The Hall–Kier alpha value is -4.53. The summed E-state index contributed by atoms with van der Waals surface area (Å²) in [4.78, 5) is 34.4. The highest BCUT2D eigenvalue weighted by molar-refractivity contribution is 5.95. The Labute approximate surface area is 190 Å². The number of benzene rings is 3. The lowest BCUT2D eigenvalue weighted by atomic mass is 10.1. The number of amides is 2. The summed E-state index contributed by atoms with van der Waals surface area (Å²) in [7, 11) is 0. The van der Waals surface area contributed by atoms with Gasteiger partial charge in [0.2, 0.25) is 0 Å². The van der Waals surface area contributed by atoms with E-state index in [-0.39, 0.29) is 23.8 Å². The Morgan fingerprint density at radius 1 is 1.06 bits per heavy atom. The number of carbonyl (C=O) groups excluding carboxylic acids is 2. The van der Waals surface area contributed by atoms with Crippen LogP contribution in [0.25, 0.3) is 0 Å². The van der Waals surface area contributed by atoms with E-state index in [0.717, 1.165) is 16.8 Å². The van der Waals surface area contributed by atoms with Crippen LogP contribution in [0, 0.1) is 24.0 Å². The van der Waals surface area contributed by atoms with Crippen LogP contribution in [0.15, 0.2) is 71.8 Å². The lowest BCUT2D eigenvalue weighted by molar-refractivity contribution is -0.384. The maximum absolute atomic E-state index is 12.1. The average molecular weight is 446 g/mol. The number of carbonyl (C=O) groups is 2. The molecule has 0 unspecified atom stereocenters. The number of hydrogen-bond acceptors (Lipinski definition) is 6. The first-order chi connectivity index (χ1) is 15.8. The summed E-state index contributed by atoms with van der Waals surface area (Å²) in [5, 5.41) is 17.5. The molecule has 0 bridgehead atoms. The van der Waals surface area contributed by atoms with Gasteiger partial charge >= 0.3 is 0 Å². The van der Waals surface area contributed by atoms with Crippen LogP contribution >= 0.6 is 0 Å². The number of nitrogens with zero attached hydrogens (tertiary/aromatic N) is 2. The van der Waals surface area contributed by atoms with E-state index >= 15 is 0 Å². The largest absolute Gasteiger partial charge is 0.484 e. The molecule has 33 heavy (non-hydrogen) atoms. The van der Waals surface area contributed by atoms with E-state index in [2.05, 4.69) is 15.8 Å². The molecule has 9 nitrogen and oxygen atoms in total. The van der Waals surface area contributed by atoms with Crippen LogP contribution in [0.4, 0.5) is 11.4 Å². The third-order valence-electron chi connectivity index (χ3n) is 4.60. The van der Waals surface area contributed by atoms with Crippen LogP contribution in [0.5, 0.6) is 5.75 Å². The van der Waals surface area contributed by atoms with Crippen LogP contribution < -0.4 is 15.5 Å². The van der Waals surface area contributed by atoms with Gasteiger partial charge in [0.15, 0.2) is 6.61 Å². The predicted molar refractivity (Wildman–Crippen MR) is 125 cm³/mol. The van der Waals surface area contributed by atoms with Gasteiger partial charge in [-0.2, -0.15) is 5.10 Å². The van der Waals surface area contributed by atoms with Gasteiger partial charge in [-0.25, -0.2) is 5.43 Å². The molecule has 0 aliphatic carbocycles. The van der Waals surface area contributed by atoms with Gasteiger partial charge in [-0.15, -0.1) is 0 Å². The van der Waals surface area contributed by atoms with E-state index in [0.29, 0.717) is 11.3 Å². The minimum atomic E-state index is -0.573. The molecule has 9 heteroatoms. The molecule has 2 amide bonds. The van der Waals surface area contributed by atoms with Gasteiger partial charge in [0.05, 0.1) is 11.1 Å². The maximum atomic E-state index is 12.1. The Balaban J connectivity index is 1.49. The van der Waals surface area contributed by atoms with Crippen molar-refractivity contribution in [3.05, 3.63) is 99.1 Å². The van der Waals surface area contributed by atoms with Crippen molar-refractivity contribution in [3.63, 3.8) is 0 Å². The molecule has 0 radical (unpaired) electrons. The number of nitrogens with one attached hydrogen (secondary N) is 2. The maximum Gasteiger partial charge on any atom is 0.271 e. The molecular formula is C24H22N4O5. The molecule has 0 fully saturated rings. The van der Waals surface area contributed by atoms with Crippen molar-refractivity contribution >= 4 is 29.4 Å². The second kappa shape index (κ2) is 10.7. The molecule has 0 aliphatic rings. The Kier molecular flexibility index (Phi) is 7.48. The smallest absolute Gasteiger partial charge is 0.271 e. The third-order valence-corrected chi connectivity index (χ3v) is 4.60. The second-order valence-corrected chi connectivity index (χ2v) is 7.23. The van der Waals surface area contributed by atoms with Gasteiger partial charge in [0.25, 0.3) is 17.5 Å². The molecule has 168 valence electrons. The number of hydrogen-bond donors (Lipinski definition) is 2. The topological polar surface area (TPSA) is 123 Å². The van der Waals surface area contributed by atoms with E-state index < -0.39 is 10.8 Å². The predicted octanol–water partition coefficient (Wildman–Crippen LogP) is 3.99. The Morgan fingerprint density at radius 3 is 2.52 bits per heavy atom. The first kappa shape index (κ1) is 23.1. The minimum Gasteiger partial charge on any atom is -0.484 e.